The van der Waals surface area contributed by atoms with Gasteiger partial charge in [-0.15, -0.1) is 0 Å². The first-order chi connectivity index (χ1) is 8.81. The van der Waals surface area contributed by atoms with Crippen LogP contribution in [-0.2, 0) is 4.74 Å². The Kier molecular flexibility index (Phi) is 3.98. The second-order valence-corrected chi connectivity index (χ2v) is 3.54. The van der Waals surface area contributed by atoms with Gasteiger partial charge in [-0.25, -0.2) is 15.0 Å². The monoisotopic (exact) mass is 246 g/mol. The van der Waals surface area contributed by atoms with Crippen molar-refractivity contribution in [3.05, 3.63) is 24.9 Å². The Morgan fingerprint density at radius 1 is 1.28 bits per heavy atom. The summed E-state index contributed by atoms with van der Waals surface area (Å²) in [6.45, 7) is 1.21. The molecular weight excluding hydrogens is 232 g/mol. The quantitative estimate of drug-likeness (QED) is 0.744. The van der Waals surface area contributed by atoms with E-state index in [1.807, 2.05) is 0 Å². The summed E-state index contributed by atoms with van der Waals surface area (Å²) in [5.74, 6) is 0.866. The Balaban J connectivity index is 2.29. The van der Waals surface area contributed by atoms with Gasteiger partial charge in [0.1, 0.15) is 12.1 Å². The van der Waals surface area contributed by atoms with E-state index in [9.17, 15) is 0 Å². The lowest BCUT2D eigenvalue weighted by atomic mass is 10.2. The van der Waals surface area contributed by atoms with Crippen LogP contribution in [-0.4, -0.2) is 40.2 Å². The molecule has 0 aliphatic rings. The number of aromatic nitrogens is 4. The molecule has 3 N–H and O–H groups in total. The SMILES string of the molecule is COCCNc1nc(N)ncc1-c1cncnc1. The number of ether oxygens (including phenoxy) is 1. The normalized spacial score (nSPS) is 10.3. The van der Waals surface area contributed by atoms with Gasteiger partial charge in [-0.2, -0.15) is 4.98 Å². The van der Waals surface area contributed by atoms with Gasteiger partial charge in [0, 0.05) is 43.4 Å². The summed E-state index contributed by atoms with van der Waals surface area (Å²) >= 11 is 0. The number of hydrogen-bond donors (Lipinski definition) is 2. The van der Waals surface area contributed by atoms with Crippen molar-refractivity contribution in [1.29, 1.82) is 0 Å². The second-order valence-electron chi connectivity index (χ2n) is 3.54. The van der Waals surface area contributed by atoms with Crippen molar-refractivity contribution in [1.82, 2.24) is 19.9 Å². The zero-order valence-electron chi connectivity index (χ0n) is 10.00. The maximum atomic E-state index is 5.59. The van der Waals surface area contributed by atoms with Crippen LogP contribution in [0.25, 0.3) is 11.1 Å². The van der Waals surface area contributed by atoms with Crippen molar-refractivity contribution >= 4 is 11.8 Å². The van der Waals surface area contributed by atoms with E-state index in [4.69, 9.17) is 10.5 Å². The molecule has 94 valence electrons. The van der Waals surface area contributed by atoms with Crippen molar-refractivity contribution in [2.75, 3.05) is 31.3 Å². The third kappa shape index (κ3) is 2.89. The van der Waals surface area contributed by atoms with Crippen LogP contribution in [0.2, 0.25) is 0 Å². The summed E-state index contributed by atoms with van der Waals surface area (Å²) in [5.41, 5.74) is 7.22. The molecule has 0 aromatic carbocycles. The fraction of sp³-hybridized carbons (Fsp3) is 0.273. The molecule has 7 nitrogen and oxygen atoms in total. The number of anilines is 2. The van der Waals surface area contributed by atoms with E-state index in [-0.39, 0.29) is 5.95 Å². The molecule has 7 heteroatoms. The molecule has 0 unspecified atom stereocenters. The number of nitrogens with one attached hydrogen (secondary N) is 1. The van der Waals surface area contributed by atoms with Crippen LogP contribution in [0.15, 0.2) is 24.9 Å². The van der Waals surface area contributed by atoms with Crippen LogP contribution in [0.1, 0.15) is 0 Å². The summed E-state index contributed by atoms with van der Waals surface area (Å²) in [6, 6.07) is 0. The number of methoxy groups -OCH3 is 1. The summed E-state index contributed by atoms with van der Waals surface area (Å²) in [5, 5.41) is 3.14. The lowest BCUT2D eigenvalue weighted by Gasteiger charge is -2.10. The molecule has 0 spiro atoms. The molecule has 2 aromatic rings. The van der Waals surface area contributed by atoms with Gasteiger partial charge in [0.05, 0.1) is 6.61 Å². The maximum Gasteiger partial charge on any atom is 0.221 e. The molecular formula is C11H14N6O. The lowest BCUT2D eigenvalue weighted by molar-refractivity contribution is 0.210. The highest BCUT2D eigenvalue weighted by Crippen LogP contribution is 2.24. The van der Waals surface area contributed by atoms with Crippen LogP contribution in [0.4, 0.5) is 11.8 Å². The molecule has 0 aliphatic heterocycles. The van der Waals surface area contributed by atoms with Gasteiger partial charge in [0.15, 0.2) is 0 Å². The number of hydrogen-bond acceptors (Lipinski definition) is 7. The average Bonchev–Trinajstić information content (AvgIpc) is 2.40. The van der Waals surface area contributed by atoms with Gasteiger partial charge in [-0.1, -0.05) is 0 Å². The molecule has 0 aliphatic carbocycles. The van der Waals surface area contributed by atoms with Gasteiger partial charge in [0.25, 0.3) is 0 Å². The van der Waals surface area contributed by atoms with E-state index < -0.39 is 0 Å². The van der Waals surface area contributed by atoms with Gasteiger partial charge in [-0.05, 0) is 0 Å². The molecule has 0 amide bonds. The topological polar surface area (TPSA) is 98.8 Å². The number of nitrogen functional groups attached to an aromatic ring is 1. The van der Waals surface area contributed by atoms with E-state index in [2.05, 4.69) is 25.3 Å². The smallest absolute Gasteiger partial charge is 0.221 e. The van der Waals surface area contributed by atoms with Crippen molar-refractivity contribution in [3.8, 4) is 11.1 Å². The zero-order chi connectivity index (χ0) is 12.8. The van der Waals surface area contributed by atoms with Crippen LogP contribution in [0, 0.1) is 0 Å². The maximum absolute atomic E-state index is 5.59. The Bertz CT molecular complexity index is 504. The Morgan fingerprint density at radius 3 is 2.78 bits per heavy atom. The third-order valence-electron chi connectivity index (χ3n) is 2.28. The lowest BCUT2D eigenvalue weighted by Crippen LogP contribution is -2.11. The van der Waals surface area contributed by atoms with E-state index >= 15 is 0 Å². The number of nitrogens with zero attached hydrogens (tertiary/aromatic N) is 4. The van der Waals surface area contributed by atoms with E-state index in [0.29, 0.717) is 19.0 Å². The molecule has 0 bridgehead atoms. The fourth-order valence-corrected chi connectivity index (χ4v) is 1.45. The van der Waals surface area contributed by atoms with Crippen molar-refractivity contribution < 1.29 is 4.74 Å². The summed E-state index contributed by atoms with van der Waals surface area (Å²) in [4.78, 5) is 16.1. The first kappa shape index (κ1) is 12.2. The molecule has 0 atom stereocenters. The largest absolute Gasteiger partial charge is 0.383 e. The predicted octanol–water partition coefficient (Wildman–Crippen LogP) is 0.574. The first-order valence-corrected chi connectivity index (χ1v) is 5.42. The highest BCUT2D eigenvalue weighted by molar-refractivity contribution is 5.73. The van der Waals surface area contributed by atoms with Crippen molar-refractivity contribution in [2.45, 2.75) is 0 Å². The predicted molar refractivity (Wildman–Crippen MR) is 67.8 cm³/mol. The minimum absolute atomic E-state index is 0.218. The highest BCUT2D eigenvalue weighted by Gasteiger charge is 2.08. The molecule has 2 rings (SSSR count). The Labute approximate surface area is 104 Å². The molecule has 0 saturated heterocycles. The molecule has 2 aromatic heterocycles. The number of nitrogens with two attached hydrogens (primary N) is 1. The minimum atomic E-state index is 0.218. The first-order valence-electron chi connectivity index (χ1n) is 5.42. The second kappa shape index (κ2) is 5.87. The van der Waals surface area contributed by atoms with Crippen LogP contribution in [0.3, 0.4) is 0 Å². The molecule has 18 heavy (non-hydrogen) atoms. The summed E-state index contributed by atoms with van der Waals surface area (Å²) in [7, 11) is 1.64. The average molecular weight is 246 g/mol. The Morgan fingerprint density at radius 2 is 2.06 bits per heavy atom. The van der Waals surface area contributed by atoms with Gasteiger partial charge < -0.3 is 15.8 Å². The van der Waals surface area contributed by atoms with Gasteiger partial charge in [0.2, 0.25) is 5.95 Å². The Hall–Kier alpha value is -2.28. The van der Waals surface area contributed by atoms with E-state index in [1.165, 1.54) is 6.33 Å². The van der Waals surface area contributed by atoms with E-state index in [1.54, 1.807) is 25.7 Å². The minimum Gasteiger partial charge on any atom is -0.383 e. The van der Waals surface area contributed by atoms with Crippen LogP contribution < -0.4 is 11.1 Å². The van der Waals surface area contributed by atoms with Crippen molar-refractivity contribution in [3.63, 3.8) is 0 Å². The third-order valence-corrected chi connectivity index (χ3v) is 2.28. The fourth-order valence-electron chi connectivity index (χ4n) is 1.45. The molecule has 0 fully saturated rings. The summed E-state index contributed by atoms with van der Waals surface area (Å²) < 4.78 is 4.98. The van der Waals surface area contributed by atoms with Gasteiger partial charge >= 0.3 is 0 Å². The van der Waals surface area contributed by atoms with Crippen LogP contribution >= 0.6 is 0 Å². The highest BCUT2D eigenvalue weighted by atomic mass is 16.5. The van der Waals surface area contributed by atoms with Gasteiger partial charge in [-0.3, -0.25) is 0 Å². The standard InChI is InChI=1S/C11H14N6O/c1-18-3-2-15-10-9(6-16-11(12)17-10)8-4-13-7-14-5-8/h4-7H,2-3H2,1H3,(H3,12,15,16,17). The van der Waals surface area contributed by atoms with Crippen molar-refractivity contribution in [2.24, 2.45) is 0 Å². The van der Waals surface area contributed by atoms with E-state index in [0.717, 1.165) is 11.1 Å². The molecule has 0 saturated carbocycles. The molecule has 2 heterocycles. The summed E-state index contributed by atoms with van der Waals surface area (Å²) in [6.07, 6.45) is 6.52. The number of rotatable bonds is 5. The van der Waals surface area contributed by atoms with Crippen LogP contribution in [0.5, 0.6) is 0 Å². The zero-order valence-corrected chi connectivity index (χ0v) is 10.00. The molecule has 0 radical (unpaired) electrons.